The molecule has 11 nitrogen and oxygen atoms in total. The van der Waals surface area contributed by atoms with Gasteiger partial charge >= 0.3 is 16.1 Å². The molecular weight excluding hydrogens is 526 g/mol. The number of hydrogen-bond acceptors (Lipinski definition) is 8. The summed E-state index contributed by atoms with van der Waals surface area (Å²) in [5.41, 5.74) is 1.01. The minimum absolute atomic E-state index is 0.0460. The molecule has 13 heteroatoms. The number of ketones is 1. The van der Waals surface area contributed by atoms with E-state index in [1.54, 1.807) is 38.1 Å². The van der Waals surface area contributed by atoms with E-state index in [1.807, 2.05) is 4.90 Å². The van der Waals surface area contributed by atoms with Gasteiger partial charge in [0.15, 0.2) is 16.4 Å². The van der Waals surface area contributed by atoms with Crippen LogP contribution in [0.3, 0.4) is 0 Å². The SMILES string of the molecule is CC1(C)CC(=O)C(S(=O)(=O)O)=C2Oc3cc(N(CCCCCC(=O)O)CCCS(=O)(=O)O)ccc3C=C21. The molecule has 0 spiro atoms. The number of carbonyl (C=O) groups is 2. The van der Waals surface area contributed by atoms with Crippen molar-refractivity contribution in [2.45, 2.75) is 52.4 Å². The number of nitrogens with zero attached hydrogens (tertiary/aromatic N) is 1. The van der Waals surface area contributed by atoms with Crippen LogP contribution in [0.15, 0.2) is 34.4 Å². The van der Waals surface area contributed by atoms with Crippen LogP contribution in [-0.2, 0) is 29.8 Å². The molecule has 37 heavy (non-hydrogen) atoms. The molecule has 0 fully saturated rings. The van der Waals surface area contributed by atoms with Crippen molar-refractivity contribution in [2.24, 2.45) is 5.41 Å². The number of unbranched alkanes of at least 4 members (excludes halogenated alkanes) is 2. The number of hydrogen-bond donors (Lipinski definition) is 3. The van der Waals surface area contributed by atoms with Gasteiger partial charge in [-0.1, -0.05) is 20.3 Å². The predicted molar refractivity (Wildman–Crippen MR) is 136 cm³/mol. The Morgan fingerprint density at radius 2 is 1.73 bits per heavy atom. The van der Waals surface area contributed by atoms with Crippen LogP contribution in [-0.4, -0.2) is 61.6 Å². The van der Waals surface area contributed by atoms with Crippen molar-refractivity contribution in [1.29, 1.82) is 0 Å². The number of rotatable bonds is 12. The van der Waals surface area contributed by atoms with Crippen molar-refractivity contribution in [2.75, 3.05) is 23.7 Å². The van der Waals surface area contributed by atoms with E-state index < -0.39 is 48.1 Å². The van der Waals surface area contributed by atoms with Crippen molar-refractivity contribution in [3.8, 4) is 5.75 Å². The van der Waals surface area contributed by atoms with E-state index >= 15 is 0 Å². The molecule has 0 aromatic heterocycles. The number of Topliss-reactive ketones (excluding diaryl/α,β-unsaturated/α-hetero) is 1. The largest absolute Gasteiger partial charge is 0.481 e. The summed E-state index contributed by atoms with van der Waals surface area (Å²) in [6, 6.07) is 5.19. The van der Waals surface area contributed by atoms with Crippen molar-refractivity contribution < 1.29 is 45.4 Å². The van der Waals surface area contributed by atoms with Gasteiger partial charge in [-0.3, -0.25) is 18.7 Å². The molecule has 0 unspecified atom stereocenters. The predicted octanol–water partition coefficient (Wildman–Crippen LogP) is 3.29. The summed E-state index contributed by atoms with van der Waals surface area (Å²) in [5.74, 6) is -2.01. The first-order valence-corrected chi connectivity index (χ1v) is 14.8. The average Bonchev–Trinajstić information content (AvgIpc) is 2.74. The molecule has 1 aliphatic carbocycles. The van der Waals surface area contributed by atoms with Crippen molar-refractivity contribution in [3.63, 3.8) is 0 Å². The fourth-order valence-corrected chi connectivity index (χ4v) is 5.75. The Labute approximate surface area is 216 Å². The molecule has 3 rings (SSSR count). The molecule has 1 aromatic rings. The topological polar surface area (TPSA) is 176 Å². The van der Waals surface area contributed by atoms with E-state index in [-0.39, 0.29) is 37.3 Å². The zero-order valence-electron chi connectivity index (χ0n) is 20.6. The molecule has 0 saturated carbocycles. The molecule has 0 radical (unpaired) electrons. The molecule has 1 heterocycles. The van der Waals surface area contributed by atoms with Crippen LogP contribution in [0.2, 0.25) is 0 Å². The first-order chi connectivity index (χ1) is 17.1. The summed E-state index contributed by atoms with van der Waals surface area (Å²) >= 11 is 0. The Morgan fingerprint density at radius 1 is 1.05 bits per heavy atom. The average molecular weight is 558 g/mol. The van der Waals surface area contributed by atoms with Gasteiger partial charge in [-0.05, 0) is 37.5 Å². The Balaban J connectivity index is 1.93. The van der Waals surface area contributed by atoms with Gasteiger partial charge in [-0.15, -0.1) is 0 Å². The number of fused-ring (bicyclic) bond motifs is 2. The lowest BCUT2D eigenvalue weighted by Gasteiger charge is -2.36. The van der Waals surface area contributed by atoms with Gasteiger partial charge in [-0.2, -0.15) is 16.8 Å². The summed E-state index contributed by atoms with van der Waals surface area (Å²) in [5, 5.41) is 8.82. The molecule has 3 N–H and O–H groups in total. The lowest BCUT2D eigenvalue weighted by Crippen LogP contribution is -2.34. The van der Waals surface area contributed by atoms with E-state index in [1.165, 1.54) is 0 Å². The lowest BCUT2D eigenvalue weighted by molar-refractivity contribution is -0.137. The van der Waals surface area contributed by atoms with E-state index in [0.717, 1.165) is 0 Å². The van der Waals surface area contributed by atoms with Crippen LogP contribution in [0, 0.1) is 5.41 Å². The number of benzene rings is 1. The highest BCUT2D eigenvalue weighted by Gasteiger charge is 2.44. The molecule has 2 aliphatic rings. The maximum atomic E-state index is 12.6. The summed E-state index contributed by atoms with van der Waals surface area (Å²) in [6.45, 7) is 4.29. The minimum Gasteiger partial charge on any atom is -0.481 e. The summed E-state index contributed by atoms with van der Waals surface area (Å²) in [7, 11) is -8.99. The van der Waals surface area contributed by atoms with Gasteiger partial charge in [0.25, 0.3) is 10.1 Å². The Hall–Kier alpha value is -2.74. The van der Waals surface area contributed by atoms with Gasteiger partial charge in [0.05, 0.1) is 5.75 Å². The second kappa shape index (κ2) is 10.9. The molecule has 1 aromatic carbocycles. The van der Waals surface area contributed by atoms with Crippen molar-refractivity contribution in [3.05, 3.63) is 40.0 Å². The van der Waals surface area contributed by atoms with Gasteiger partial charge in [0, 0.05) is 54.2 Å². The van der Waals surface area contributed by atoms with Crippen LogP contribution in [0.25, 0.3) is 6.08 Å². The zero-order chi connectivity index (χ0) is 27.6. The first kappa shape index (κ1) is 28.8. The highest BCUT2D eigenvalue weighted by Crippen LogP contribution is 2.48. The van der Waals surface area contributed by atoms with Crippen molar-refractivity contribution in [1.82, 2.24) is 0 Å². The number of allylic oxidation sites excluding steroid dienone is 2. The second-order valence-corrected chi connectivity index (χ2v) is 12.8. The van der Waals surface area contributed by atoms with E-state index in [2.05, 4.69) is 0 Å². The van der Waals surface area contributed by atoms with E-state index in [9.17, 15) is 31.0 Å². The van der Waals surface area contributed by atoms with Crippen LogP contribution in [0.1, 0.15) is 57.9 Å². The standard InChI is InChI=1S/C24H31NO10S2/c1-24(2)15-19(26)23(37(32,33)34)22-18(24)13-16-8-9-17(14-20(16)35-22)25(11-6-12-36(29,30)31)10-5-3-4-7-21(27)28/h8-9,13-14H,3-7,10-12,15H2,1-2H3,(H,27,28)(H,29,30,31)(H,32,33,34). The normalized spacial score (nSPS) is 17.0. The number of carboxylic acid groups (broad SMARTS) is 1. The van der Waals surface area contributed by atoms with E-state index in [0.29, 0.717) is 42.6 Å². The van der Waals surface area contributed by atoms with E-state index in [4.69, 9.17) is 14.4 Å². The van der Waals surface area contributed by atoms with Crippen LogP contribution < -0.4 is 9.64 Å². The molecule has 204 valence electrons. The Kier molecular flexibility index (Phi) is 8.52. The highest BCUT2D eigenvalue weighted by molar-refractivity contribution is 7.90. The van der Waals surface area contributed by atoms with Crippen LogP contribution in [0.5, 0.6) is 5.75 Å². The fraction of sp³-hybridized carbons (Fsp3) is 0.500. The first-order valence-electron chi connectivity index (χ1n) is 11.8. The second-order valence-electron chi connectivity index (χ2n) is 9.83. The summed E-state index contributed by atoms with van der Waals surface area (Å²) in [4.78, 5) is 24.4. The van der Waals surface area contributed by atoms with Gasteiger partial charge in [-0.25, -0.2) is 0 Å². The van der Waals surface area contributed by atoms with Gasteiger partial charge in [0.1, 0.15) is 5.75 Å². The van der Waals surface area contributed by atoms with Crippen LogP contribution >= 0.6 is 0 Å². The third-order valence-corrected chi connectivity index (χ3v) is 8.05. The van der Waals surface area contributed by atoms with Gasteiger partial charge < -0.3 is 14.7 Å². The third kappa shape index (κ3) is 7.40. The minimum atomic E-state index is -4.84. The fourth-order valence-electron chi connectivity index (χ4n) is 4.51. The quantitative estimate of drug-likeness (QED) is 0.254. The summed E-state index contributed by atoms with van der Waals surface area (Å²) in [6.07, 6.45) is 3.55. The molecule has 0 bridgehead atoms. The smallest absolute Gasteiger partial charge is 0.303 e. The summed E-state index contributed by atoms with van der Waals surface area (Å²) < 4.78 is 71.1. The lowest BCUT2D eigenvalue weighted by atomic mass is 9.73. The zero-order valence-corrected chi connectivity index (χ0v) is 22.3. The Bertz CT molecular complexity index is 1360. The number of ether oxygens (including phenoxy) is 1. The number of carboxylic acids is 1. The number of anilines is 1. The highest BCUT2D eigenvalue weighted by atomic mass is 32.2. The molecule has 0 atom stereocenters. The molecule has 0 saturated heterocycles. The van der Waals surface area contributed by atoms with Crippen LogP contribution in [0.4, 0.5) is 5.69 Å². The third-order valence-electron chi connectivity index (χ3n) is 6.32. The molecular formula is C24H31NO10S2. The maximum Gasteiger partial charge on any atom is 0.303 e. The molecule has 0 amide bonds. The maximum absolute atomic E-state index is 12.6. The Morgan fingerprint density at radius 3 is 2.35 bits per heavy atom. The van der Waals surface area contributed by atoms with Crippen molar-refractivity contribution >= 4 is 43.8 Å². The molecule has 1 aliphatic heterocycles. The van der Waals surface area contributed by atoms with Gasteiger partial charge in [0.2, 0.25) is 0 Å². The number of carbonyl (C=O) groups excluding carboxylic acids is 1. The number of aliphatic carboxylic acids is 1. The monoisotopic (exact) mass is 557 g/mol.